The van der Waals surface area contributed by atoms with Gasteiger partial charge in [-0.1, -0.05) is 49.6 Å². The molecule has 0 aliphatic heterocycles. The van der Waals surface area contributed by atoms with Crippen LogP contribution in [0.15, 0.2) is 86.0 Å². The van der Waals surface area contributed by atoms with E-state index in [4.69, 9.17) is 28.4 Å². The van der Waals surface area contributed by atoms with Crippen molar-refractivity contribution in [3.8, 4) is 11.5 Å². The van der Waals surface area contributed by atoms with Crippen LogP contribution in [0, 0.1) is 0 Å². The Morgan fingerprint density at radius 2 is 1.11 bits per heavy atom. The third-order valence-corrected chi connectivity index (χ3v) is 5.02. The average molecular weight is 525 g/mol. The van der Waals surface area contributed by atoms with E-state index in [1.165, 1.54) is 0 Å². The Morgan fingerprint density at radius 1 is 0.711 bits per heavy atom. The molecule has 0 amide bonds. The predicted molar refractivity (Wildman–Crippen MR) is 146 cm³/mol. The van der Waals surface area contributed by atoms with Gasteiger partial charge in [-0.25, -0.2) is 9.59 Å². The molecule has 0 heterocycles. The first-order chi connectivity index (χ1) is 18.3. The maximum Gasteiger partial charge on any atom is 0.333 e. The van der Waals surface area contributed by atoms with Crippen LogP contribution in [0.1, 0.15) is 13.8 Å². The predicted octanol–water partition coefficient (Wildman–Crippen LogP) is 4.98. The van der Waals surface area contributed by atoms with Gasteiger partial charge in [-0.15, -0.1) is 13.2 Å². The molecule has 0 bridgehead atoms. The zero-order valence-corrected chi connectivity index (χ0v) is 22.1. The SMILES string of the molecule is C=CCOCC(COc1ccc(OCC(COCC=C)OC(=O)C(=C)C)c2ccccc12)OC(=O)C(=C)C. The summed E-state index contributed by atoms with van der Waals surface area (Å²) in [7, 11) is 0. The molecule has 0 saturated heterocycles. The van der Waals surface area contributed by atoms with Crippen molar-refractivity contribution < 1.29 is 38.0 Å². The molecule has 0 radical (unpaired) electrons. The number of hydrogen-bond donors (Lipinski definition) is 0. The van der Waals surface area contributed by atoms with E-state index in [9.17, 15) is 9.59 Å². The van der Waals surface area contributed by atoms with Crippen LogP contribution in [-0.4, -0.2) is 63.8 Å². The largest absolute Gasteiger partial charge is 0.489 e. The summed E-state index contributed by atoms with van der Waals surface area (Å²) in [4.78, 5) is 24.1. The lowest BCUT2D eigenvalue weighted by Crippen LogP contribution is -2.30. The summed E-state index contributed by atoms with van der Waals surface area (Å²) in [5, 5.41) is 1.58. The fourth-order valence-corrected chi connectivity index (χ4v) is 3.16. The van der Waals surface area contributed by atoms with Crippen molar-refractivity contribution in [3.05, 3.63) is 86.0 Å². The maximum absolute atomic E-state index is 12.0. The zero-order chi connectivity index (χ0) is 27.9. The molecule has 0 N–H and O–H groups in total. The second-order valence-electron chi connectivity index (χ2n) is 8.50. The smallest absolute Gasteiger partial charge is 0.333 e. The summed E-state index contributed by atoms with van der Waals surface area (Å²) < 4.78 is 33.9. The van der Waals surface area contributed by atoms with Crippen molar-refractivity contribution in [1.82, 2.24) is 0 Å². The summed E-state index contributed by atoms with van der Waals surface area (Å²) in [5.74, 6) is 0.113. The Kier molecular flexibility index (Phi) is 12.8. The Labute approximate surface area is 224 Å². The van der Waals surface area contributed by atoms with E-state index in [0.29, 0.717) is 24.7 Å². The van der Waals surface area contributed by atoms with Crippen molar-refractivity contribution >= 4 is 22.7 Å². The molecule has 38 heavy (non-hydrogen) atoms. The first-order valence-corrected chi connectivity index (χ1v) is 12.1. The van der Waals surface area contributed by atoms with Crippen molar-refractivity contribution in [2.24, 2.45) is 0 Å². The second kappa shape index (κ2) is 16.1. The molecule has 8 heteroatoms. The molecular formula is C30H36O8. The van der Waals surface area contributed by atoms with Gasteiger partial charge in [-0.2, -0.15) is 0 Å². The van der Waals surface area contributed by atoms with Crippen molar-refractivity contribution in [2.45, 2.75) is 26.1 Å². The van der Waals surface area contributed by atoms with Gasteiger partial charge in [0, 0.05) is 21.9 Å². The normalized spacial score (nSPS) is 12.2. The molecule has 8 nitrogen and oxygen atoms in total. The molecule has 2 atom stereocenters. The number of rotatable bonds is 18. The molecule has 0 aromatic heterocycles. The highest BCUT2D eigenvalue weighted by Gasteiger charge is 2.19. The van der Waals surface area contributed by atoms with E-state index in [1.807, 2.05) is 24.3 Å². The first-order valence-electron chi connectivity index (χ1n) is 12.1. The number of carbonyl (C=O) groups is 2. The van der Waals surface area contributed by atoms with Crippen LogP contribution in [0.5, 0.6) is 11.5 Å². The third kappa shape index (κ3) is 9.88. The number of hydrogen-bond acceptors (Lipinski definition) is 8. The molecule has 2 aromatic rings. The van der Waals surface area contributed by atoms with Gasteiger partial charge >= 0.3 is 11.9 Å². The molecule has 2 rings (SSSR count). The molecule has 2 unspecified atom stereocenters. The summed E-state index contributed by atoms with van der Waals surface area (Å²) in [6, 6.07) is 11.1. The summed E-state index contributed by atoms with van der Waals surface area (Å²) in [5.41, 5.74) is 0.570. The van der Waals surface area contributed by atoms with E-state index in [2.05, 4.69) is 26.3 Å². The minimum Gasteiger partial charge on any atom is -0.489 e. The molecule has 2 aromatic carbocycles. The quantitative estimate of drug-likeness (QED) is 0.117. The highest BCUT2D eigenvalue weighted by molar-refractivity contribution is 5.93. The highest BCUT2D eigenvalue weighted by atomic mass is 16.6. The van der Waals surface area contributed by atoms with E-state index in [0.717, 1.165) is 10.8 Å². The highest BCUT2D eigenvalue weighted by Crippen LogP contribution is 2.33. The van der Waals surface area contributed by atoms with Crippen LogP contribution in [-0.2, 0) is 28.5 Å². The lowest BCUT2D eigenvalue weighted by molar-refractivity contribution is -0.149. The van der Waals surface area contributed by atoms with E-state index in [-0.39, 0.29) is 37.6 Å². The Morgan fingerprint density at radius 3 is 1.45 bits per heavy atom. The molecular weight excluding hydrogens is 488 g/mol. The number of carbonyl (C=O) groups excluding carboxylic acids is 2. The molecule has 0 fully saturated rings. The molecule has 0 aliphatic rings. The minimum atomic E-state index is -0.645. The monoisotopic (exact) mass is 524 g/mol. The van der Waals surface area contributed by atoms with Crippen molar-refractivity contribution in [3.63, 3.8) is 0 Å². The average Bonchev–Trinajstić information content (AvgIpc) is 2.90. The number of benzene rings is 2. The fraction of sp³-hybridized carbons (Fsp3) is 0.333. The van der Waals surface area contributed by atoms with E-state index < -0.39 is 24.1 Å². The maximum atomic E-state index is 12.0. The van der Waals surface area contributed by atoms with Gasteiger partial charge in [0.2, 0.25) is 0 Å². The van der Waals surface area contributed by atoms with Crippen LogP contribution in [0.3, 0.4) is 0 Å². The van der Waals surface area contributed by atoms with Crippen LogP contribution in [0.25, 0.3) is 10.8 Å². The molecule has 204 valence electrons. The zero-order valence-electron chi connectivity index (χ0n) is 22.1. The van der Waals surface area contributed by atoms with E-state index in [1.54, 1.807) is 38.1 Å². The van der Waals surface area contributed by atoms with E-state index >= 15 is 0 Å². The third-order valence-electron chi connectivity index (χ3n) is 5.02. The van der Waals surface area contributed by atoms with Gasteiger partial charge in [-0.3, -0.25) is 0 Å². The Hall–Kier alpha value is -3.88. The molecule has 0 saturated carbocycles. The van der Waals surface area contributed by atoms with Crippen LogP contribution in [0.2, 0.25) is 0 Å². The van der Waals surface area contributed by atoms with Gasteiger partial charge in [0.1, 0.15) is 24.7 Å². The summed E-state index contributed by atoms with van der Waals surface area (Å²) in [6.45, 7) is 18.7. The number of esters is 2. The topological polar surface area (TPSA) is 89.5 Å². The van der Waals surface area contributed by atoms with Crippen molar-refractivity contribution in [1.29, 1.82) is 0 Å². The van der Waals surface area contributed by atoms with Gasteiger partial charge < -0.3 is 28.4 Å². The van der Waals surface area contributed by atoms with Gasteiger partial charge in [0.15, 0.2) is 12.2 Å². The summed E-state index contributed by atoms with van der Waals surface area (Å²) in [6.07, 6.45) is 1.93. The molecule has 0 aliphatic carbocycles. The van der Waals surface area contributed by atoms with Crippen LogP contribution >= 0.6 is 0 Å². The number of ether oxygens (including phenoxy) is 6. The van der Waals surface area contributed by atoms with Gasteiger partial charge in [0.25, 0.3) is 0 Å². The fourth-order valence-electron chi connectivity index (χ4n) is 3.16. The second-order valence-corrected chi connectivity index (χ2v) is 8.50. The van der Waals surface area contributed by atoms with Gasteiger partial charge in [-0.05, 0) is 26.0 Å². The number of fused-ring (bicyclic) bond motifs is 1. The van der Waals surface area contributed by atoms with Crippen LogP contribution in [0.4, 0.5) is 0 Å². The lowest BCUT2D eigenvalue weighted by atomic mass is 10.1. The first kappa shape index (κ1) is 30.3. The summed E-state index contributed by atoms with van der Waals surface area (Å²) >= 11 is 0. The Bertz CT molecular complexity index is 1050. The lowest BCUT2D eigenvalue weighted by Gasteiger charge is -2.21. The minimum absolute atomic E-state index is 0.0694. The molecule has 0 spiro atoms. The van der Waals surface area contributed by atoms with Crippen molar-refractivity contribution in [2.75, 3.05) is 39.6 Å². The van der Waals surface area contributed by atoms with Crippen LogP contribution < -0.4 is 9.47 Å². The van der Waals surface area contributed by atoms with Gasteiger partial charge in [0.05, 0.1) is 26.4 Å². The standard InChI is InChI=1S/C30H36O8/c1-7-15-33-17-23(37-29(31)21(3)4)19-35-27-13-14-28(26-12-10-9-11-25(26)27)36-20-24(18-34-16-8-2)38-30(32)22(5)6/h7-14,23-24H,1-3,5,15-20H2,4,6H3. The Balaban J connectivity index is 2.17.